The van der Waals surface area contributed by atoms with Gasteiger partial charge in [-0.3, -0.25) is 14.7 Å². The van der Waals surface area contributed by atoms with E-state index < -0.39 is 17.7 Å². The van der Waals surface area contributed by atoms with Gasteiger partial charge >= 0.3 is 6.18 Å². The Kier molecular flexibility index (Phi) is 6.30. The summed E-state index contributed by atoms with van der Waals surface area (Å²) in [5.74, 6) is -0.877. The number of carbonyl (C=O) groups is 1. The topological polar surface area (TPSA) is 56.7 Å². The highest BCUT2D eigenvalue weighted by atomic mass is 19.4. The summed E-state index contributed by atoms with van der Waals surface area (Å²) in [5, 5.41) is 5.86. The van der Waals surface area contributed by atoms with E-state index >= 15 is 0 Å². The molecule has 0 aliphatic carbocycles. The molecule has 5 nitrogen and oxygen atoms in total. The molecule has 0 aromatic heterocycles. The normalized spacial score (nSPS) is 20.3. The van der Waals surface area contributed by atoms with Gasteiger partial charge in [-0.1, -0.05) is 48.5 Å². The smallest absolute Gasteiger partial charge is 0.380 e. The molecule has 35 heavy (non-hydrogen) atoms. The molecule has 1 amide bonds. The minimum atomic E-state index is -4.53. The van der Waals surface area contributed by atoms with E-state index in [4.69, 9.17) is 0 Å². The Morgan fingerprint density at radius 3 is 2.63 bits per heavy atom. The molecule has 0 radical (unpaired) electrons. The van der Waals surface area contributed by atoms with E-state index in [0.717, 1.165) is 31.1 Å². The van der Waals surface area contributed by atoms with Gasteiger partial charge in [0.25, 0.3) is 0 Å². The van der Waals surface area contributed by atoms with Gasteiger partial charge in [0.05, 0.1) is 11.3 Å². The molecule has 1 fully saturated rings. The number of rotatable bonds is 6. The lowest BCUT2D eigenvalue weighted by Crippen LogP contribution is -2.27. The molecule has 8 heteroatoms. The molecule has 180 valence electrons. The Bertz CT molecular complexity index is 1240. The summed E-state index contributed by atoms with van der Waals surface area (Å²) in [7, 11) is 0. The van der Waals surface area contributed by atoms with Gasteiger partial charge < -0.3 is 10.6 Å². The Morgan fingerprint density at radius 1 is 1.06 bits per heavy atom. The number of fused-ring (bicyclic) bond motifs is 1. The summed E-state index contributed by atoms with van der Waals surface area (Å²) in [5.41, 5.74) is 2.08. The summed E-state index contributed by atoms with van der Waals surface area (Å²) in [6, 6.07) is 21.2. The number of para-hydroxylation sites is 1. The van der Waals surface area contributed by atoms with E-state index in [1.165, 1.54) is 17.8 Å². The largest absolute Gasteiger partial charge is 0.418 e. The van der Waals surface area contributed by atoms with Crippen molar-refractivity contribution in [1.82, 2.24) is 4.90 Å². The average Bonchev–Trinajstić information content (AvgIpc) is 3.41. The monoisotopic (exact) mass is 478 g/mol. The maximum absolute atomic E-state index is 13.9. The van der Waals surface area contributed by atoms with Crippen LogP contribution in [-0.4, -0.2) is 36.2 Å². The fourth-order valence-corrected chi connectivity index (χ4v) is 4.67. The van der Waals surface area contributed by atoms with Crippen LogP contribution in [0.1, 0.15) is 29.0 Å². The third-order valence-electron chi connectivity index (χ3n) is 6.40. The van der Waals surface area contributed by atoms with Gasteiger partial charge in [-0.15, -0.1) is 0 Å². The van der Waals surface area contributed by atoms with Crippen LogP contribution in [0.2, 0.25) is 0 Å². The van der Waals surface area contributed by atoms with Crippen molar-refractivity contribution in [1.29, 1.82) is 0 Å². The second kappa shape index (κ2) is 9.54. The van der Waals surface area contributed by atoms with Crippen LogP contribution < -0.4 is 10.6 Å². The van der Waals surface area contributed by atoms with Crippen molar-refractivity contribution in [3.63, 3.8) is 0 Å². The predicted molar refractivity (Wildman–Crippen MR) is 131 cm³/mol. The zero-order valence-corrected chi connectivity index (χ0v) is 18.9. The fourth-order valence-electron chi connectivity index (χ4n) is 4.67. The van der Waals surface area contributed by atoms with Crippen LogP contribution >= 0.6 is 0 Å². The molecule has 0 saturated carbocycles. The SMILES string of the molecule is O=C1Nc2ccccc2C1C=Nc1ccc(NC2CCN(Cc3ccccc3)C2)c(C(F)(F)F)c1. The van der Waals surface area contributed by atoms with Crippen molar-refractivity contribution in [2.24, 2.45) is 4.99 Å². The number of aliphatic imine (C=N–C) groups is 1. The molecular formula is C27H25F3N4O. The first kappa shape index (κ1) is 23.1. The van der Waals surface area contributed by atoms with Gasteiger partial charge in [0.2, 0.25) is 5.91 Å². The summed E-state index contributed by atoms with van der Waals surface area (Å²) >= 11 is 0. The maximum Gasteiger partial charge on any atom is 0.418 e. The van der Waals surface area contributed by atoms with Crippen LogP contribution in [0.3, 0.4) is 0 Å². The summed E-state index contributed by atoms with van der Waals surface area (Å²) in [4.78, 5) is 18.7. The standard InChI is InChI=1S/C27H25F3N4O/c28-27(29,30)23-14-19(31-15-22-21-8-4-5-9-24(21)33-26(22)35)10-11-25(23)32-20-12-13-34(17-20)16-18-6-2-1-3-7-18/h1-11,14-15,20,22,32H,12-13,16-17H2,(H,33,35). The first-order chi connectivity index (χ1) is 16.9. The summed E-state index contributed by atoms with van der Waals surface area (Å²) in [6.07, 6.45) is -2.37. The van der Waals surface area contributed by atoms with E-state index in [1.807, 2.05) is 30.3 Å². The number of halogens is 3. The quantitative estimate of drug-likeness (QED) is 0.439. The Hall–Kier alpha value is -3.65. The van der Waals surface area contributed by atoms with Crippen LogP contribution in [0.15, 0.2) is 77.8 Å². The second-order valence-electron chi connectivity index (χ2n) is 8.91. The number of likely N-dealkylation sites (tertiary alicyclic amines) is 1. The van der Waals surface area contributed by atoms with Gasteiger partial charge in [-0.25, -0.2) is 0 Å². The van der Waals surface area contributed by atoms with E-state index in [9.17, 15) is 18.0 Å². The molecule has 2 heterocycles. The van der Waals surface area contributed by atoms with Gasteiger partial charge in [0, 0.05) is 43.3 Å². The third-order valence-corrected chi connectivity index (χ3v) is 6.40. The number of anilines is 2. The number of nitrogens with one attached hydrogen (secondary N) is 2. The molecule has 1 saturated heterocycles. The highest BCUT2D eigenvalue weighted by Gasteiger charge is 2.35. The first-order valence-corrected chi connectivity index (χ1v) is 11.5. The number of benzene rings is 3. The van der Waals surface area contributed by atoms with E-state index in [1.54, 1.807) is 18.2 Å². The minimum absolute atomic E-state index is 0.0481. The van der Waals surface area contributed by atoms with Crippen molar-refractivity contribution in [2.75, 3.05) is 23.7 Å². The number of carbonyl (C=O) groups excluding carboxylic acids is 1. The zero-order chi connectivity index (χ0) is 24.4. The van der Waals surface area contributed by atoms with Crippen molar-refractivity contribution >= 4 is 29.2 Å². The van der Waals surface area contributed by atoms with Gasteiger partial charge in [0.15, 0.2) is 0 Å². The first-order valence-electron chi connectivity index (χ1n) is 11.5. The van der Waals surface area contributed by atoms with Crippen LogP contribution in [-0.2, 0) is 17.5 Å². The lowest BCUT2D eigenvalue weighted by atomic mass is 10.0. The predicted octanol–water partition coefficient (Wildman–Crippen LogP) is 5.83. The highest BCUT2D eigenvalue weighted by Crippen LogP contribution is 2.38. The molecule has 2 N–H and O–H groups in total. The van der Waals surface area contributed by atoms with Crippen molar-refractivity contribution in [3.05, 3.63) is 89.5 Å². The lowest BCUT2D eigenvalue weighted by Gasteiger charge is -2.20. The number of nitrogens with zero attached hydrogens (tertiary/aromatic N) is 2. The Morgan fingerprint density at radius 2 is 1.83 bits per heavy atom. The molecule has 2 atom stereocenters. The number of amides is 1. The van der Waals surface area contributed by atoms with E-state index in [0.29, 0.717) is 12.2 Å². The van der Waals surface area contributed by atoms with Crippen molar-refractivity contribution < 1.29 is 18.0 Å². The van der Waals surface area contributed by atoms with Crippen LogP contribution in [0.5, 0.6) is 0 Å². The average molecular weight is 479 g/mol. The Balaban J connectivity index is 1.30. The maximum atomic E-state index is 13.9. The molecule has 2 unspecified atom stereocenters. The molecule has 3 aromatic rings. The zero-order valence-electron chi connectivity index (χ0n) is 18.9. The second-order valence-corrected chi connectivity index (χ2v) is 8.91. The lowest BCUT2D eigenvalue weighted by molar-refractivity contribution is -0.137. The van der Waals surface area contributed by atoms with Gasteiger partial charge in [-0.05, 0) is 41.8 Å². The van der Waals surface area contributed by atoms with Crippen LogP contribution in [0.4, 0.5) is 30.2 Å². The number of alkyl halides is 3. The van der Waals surface area contributed by atoms with Gasteiger partial charge in [-0.2, -0.15) is 13.2 Å². The highest BCUT2D eigenvalue weighted by molar-refractivity contribution is 6.12. The fraction of sp³-hybridized carbons (Fsp3) is 0.259. The van der Waals surface area contributed by atoms with Gasteiger partial charge in [0.1, 0.15) is 5.92 Å². The minimum Gasteiger partial charge on any atom is -0.380 e. The van der Waals surface area contributed by atoms with Crippen LogP contribution in [0, 0.1) is 0 Å². The van der Waals surface area contributed by atoms with Crippen molar-refractivity contribution in [2.45, 2.75) is 31.1 Å². The molecule has 2 aliphatic rings. The number of hydrogen-bond acceptors (Lipinski definition) is 4. The van der Waals surface area contributed by atoms with E-state index in [-0.39, 0.29) is 23.3 Å². The Labute approximate surface area is 201 Å². The van der Waals surface area contributed by atoms with Crippen molar-refractivity contribution in [3.8, 4) is 0 Å². The van der Waals surface area contributed by atoms with E-state index in [2.05, 4.69) is 32.7 Å². The molecule has 0 bridgehead atoms. The summed E-state index contributed by atoms with van der Waals surface area (Å²) < 4.78 is 41.7. The molecular weight excluding hydrogens is 453 g/mol. The molecule has 2 aliphatic heterocycles. The van der Waals surface area contributed by atoms with Crippen LogP contribution in [0.25, 0.3) is 0 Å². The summed E-state index contributed by atoms with van der Waals surface area (Å²) in [6.45, 7) is 2.26. The number of hydrogen-bond donors (Lipinski definition) is 2. The molecule has 0 spiro atoms. The third kappa shape index (κ3) is 5.22. The molecule has 5 rings (SSSR count). The molecule has 3 aromatic carbocycles.